The van der Waals surface area contributed by atoms with Crippen LogP contribution in [0.2, 0.25) is 0 Å². The van der Waals surface area contributed by atoms with Gasteiger partial charge in [0.2, 0.25) is 5.91 Å². The molecule has 1 heterocycles. The Kier molecular flexibility index (Phi) is 6.32. The van der Waals surface area contributed by atoms with Crippen molar-refractivity contribution < 1.29 is 9.21 Å². The number of aryl methyl sites for hydroxylation is 1. The molecule has 0 radical (unpaired) electrons. The van der Waals surface area contributed by atoms with Crippen molar-refractivity contribution in [3.8, 4) is 0 Å². The fourth-order valence-corrected chi connectivity index (χ4v) is 3.02. The Morgan fingerprint density at radius 2 is 1.93 bits per heavy atom. The standard InChI is InChI=1S/C22H26N4O2/c1-4-23-22(24-13-17-8-7-9-18(12-17)26-16(3)27)25-14-21-15(2)19-10-5-6-11-20(19)28-21/h5-12H,4,13-14H2,1-3H3,(H,26,27)(H2,23,24,25). The Hall–Kier alpha value is -3.28. The normalized spacial score (nSPS) is 11.5. The number of rotatable bonds is 6. The van der Waals surface area contributed by atoms with Gasteiger partial charge in [-0.2, -0.15) is 0 Å². The minimum absolute atomic E-state index is 0.0862. The van der Waals surface area contributed by atoms with E-state index in [4.69, 9.17) is 4.42 Å². The van der Waals surface area contributed by atoms with E-state index >= 15 is 0 Å². The number of fused-ring (bicyclic) bond motifs is 1. The highest BCUT2D eigenvalue weighted by Gasteiger charge is 2.10. The number of amides is 1. The van der Waals surface area contributed by atoms with Crippen LogP contribution in [0.25, 0.3) is 11.0 Å². The zero-order valence-corrected chi connectivity index (χ0v) is 16.5. The van der Waals surface area contributed by atoms with Crippen LogP contribution in [-0.4, -0.2) is 18.4 Å². The molecule has 2 aromatic carbocycles. The summed E-state index contributed by atoms with van der Waals surface area (Å²) < 4.78 is 5.96. The van der Waals surface area contributed by atoms with Crippen molar-refractivity contribution in [2.24, 2.45) is 4.99 Å². The number of hydrogen-bond donors (Lipinski definition) is 3. The smallest absolute Gasteiger partial charge is 0.221 e. The molecule has 0 spiro atoms. The Morgan fingerprint density at radius 3 is 2.68 bits per heavy atom. The van der Waals surface area contributed by atoms with E-state index in [1.165, 1.54) is 6.92 Å². The van der Waals surface area contributed by atoms with Gasteiger partial charge >= 0.3 is 0 Å². The monoisotopic (exact) mass is 378 g/mol. The lowest BCUT2D eigenvalue weighted by molar-refractivity contribution is -0.114. The van der Waals surface area contributed by atoms with E-state index in [0.717, 1.165) is 40.1 Å². The molecular formula is C22H26N4O2. The maximum atomic E-state index is 11.2. The van der Waals surface area contributed by atoms with Crippen molar-refractivity contribution in [1.29, 1.82) is 0 Å². The second-order valence-electron chi connectivity index (χ2n) is 6.58. The third-order valence-corrected chi connectivity index (χ3v) is 4.37. The number of anilines is 1. The molecule has 1 aromatic heterocycles. The molecule has 0 unspecified atom stereocenters. The summed E-state index contributed by atoms with van der Waals surface area (Å²) in [6.07, 6.45) is 0. The van der Waals surface area contributed by atoms with E-state index in [2.05, 4.69) is 33.9 Å². The number of aliphatic imine (C=N–C) groups is 1. The first-order chi connectivity index (χ1) is 13.6. The number of hydrogen-bond acceptors (Lipinski definition) is 3. The van der Waals surface area contributed by atoms with E-state index in [-0.39, 0.29) is 5.91 Å². The molecular weight excluding hydrogens is 352 g/mol. The molecule has 146 valence electrons. The summed E-state index contributed by atoms with van der Waals surface area (Å²) in [7, 11) is 0. The lowest BCUT2D eigenvalue weighted by atomic mass is 10.1. The van der Waals surface area contributed by atoms with Crippen molar-refractivity contribution >= 4 is 28.5 Å². The highest BCUT2D eigenvalue weighted by molar-refractivity contribution is 5.88. The van der Waals surface area contributed by atoms with Gasteiger partial charge in [0.15, 0.2) is 5.96 Å². The predicted molar refractivity (Wildman–Crippen MR) is 113 cm³/mol. The second-order valence-corrected chi connectivity index (χ2v) is 6.58. The Labute approximate surface area is 165 Å². The van der Waals surface area contributed by atoms with E-state index < -0.39 is 0 Å². The maximum absolute atomic E-state index is 11.2. The van der Waals surface area contributed by atoms with Gasteiger partial charge in [0, 0.05) is 30.1 Å². The fourth-order valence-electron chi connectivity index (χ4n) is 3.02. The minimum atomic E-state index is -0.0862. The van der Waals surface area contributed by atoms with Crippen molar-refractivity contribution in [2.75, 3.05) is 11.9 Å². The molecule has 6 nitrogen and oxygen atoms in total. The lowest BCUT2D eigenvalue weighted by Gasteiger charge is -2.11. The SMILES string of the molecule is CCNC(=NCc1cccc(NC(C)=O)c1)NCc1oc2ccccc2c1C. The van der Waals surface area contributed by atoms with Crippen LogP contribution in [0.3, 0.4) is 0 Å². The summed E-state index contributed by atoms with van der Waals surface area (Å²) in [6.45, 7) is 7.41. The molecule has 28 heavy (non-hydrogen) atoms. The summed E-state index contributed by atoms with van der Waals surface area (Å²) in [5.41, 5.74) is 3.83. The zero-order valence-electron chi connectivity index (χ0n) is 16.5. The molecule has 3 aromatic rings. The Morgan fingerprint density at radius 1 is 1.11 bits per heavy atom. The van der Waals surface area contributed by atoms with Crippen LogP contribution >= 0.6 is 0 Å². The molecule has 3 N–H and O–H groups in total. The van der Waals surface area contributed by atoms with Gasteiger partial charge in [-0.05, 0) is 37.6 Å². The van der Waals surface area contributed by atoms with Gasteiger partial charge in [0.25, 0.3) is 0 Å². The molecule has 0 saturated carbocycles. The molecule has 0 aliphatic rings. The second kappa shape index (κ2) is 9.08. The number of carbonyl (C=O) groups is 1. The van der Waals surface area contributed by atoms with Gasteiger partial charge in [-0.15, -0.1) is 0 Å². The molecule has 6 heteroatoms. The van der Waals surface area contributed by atoms with Crippen LogP contribution in [0.1, 0.15) is 30.7 Å². The molecule has 0 saturated heterocycles. The van der Waals surface area contributed by atoms with Crippen LogP contribution in [0.4, 0.5) is 5.69 Å². The first kappa shape index (κ1) is 19.5. The quantitative estimate of drug-likeness (QED) is 0.448. The van der Waals surface area contributed by atoms with E-state index in [9.17, 15) is 4.79 Å². The van der Waals surface area contributed by atoms with Gasteiger partial charge in [0.05, 0.1) is 13.1 Å². The number of guanidine groups is 1. The van der Waals surface area contributed by atoms with Gasteiger partial charge in [0.1, 0.15) is 11.3 Å². The number of carbonyl (C=O) groups excluding carboxylic acids is 1. The van der Waals surface area contributed by atoms with Crippen molar-refractivity contribution in [3.05, 3.63) is 65.4 Å². The number of furan rings is 1. The van der Waals surface area contributed by atoms with Gasteiger partial charge in [-0.1, -0.05) is 30.3 Å². The van der Waals surface area contributed by atoms with E-state index in [1.807, 2.05) is 49.4 Å². The third kappa shape index (κ3) is 4.91. The zero-order chi connectivity index (χ0) is 19.9. The molecule has 0 fully saturated rings. The van der Waals surface area contributed by atoms with Crippen LogP contribution in [0, 0.1) is 6.92 Å². The van der Waals surface area contributed by atoms with Crippen LogP contribution in [0.5, 0.6) is 0 Å². The average Bonchev–Trinajstić information content (AvgIpc) is 3.00. The van der Waals surface area contributed by atoms with E-state index in [1.54, 1.807) is 0 Å². The molecule has 0 atom stereocenters. The van der Waals surface area contributed by atoms with Crippen molar-refractivity contribution in [3.63, 3.8) is 0 Å². The molecule has 3 rings (SSSR count). The van der Waals surface area contributed by atoms with Gasteiger partial charge < -0.3 is 20.4 Å². The summed E-state index contributed by atoms with van der Waals surface area (Å²) >= 11 is 0. The number of nitrogens with zero attached hydrogens (tertiary/aromatic N) is 1. The Bertz CT molecular complexity index is 991. The predicted octanol–water partition coefficient (Wildman–Crippen LogP) is 3.95. The first-order valence-corrected chi connectivity index (χ1v) is 9.42. The summed E-state index contributed by atoms with van der Waals surface area (Å²) in [5.74, 6) is 1.53. The molecule has 0 bridgehead atoms. The third-order valence-electron chi connectivity index (χ3n) is 4.37. The van der Waals surface area contributed by atoms with Crippen molar-refractivity contribution in [2.45, 2.75) is 33.9 Å². The van der Waals surface area contributed by atoms with Gasteiger partial charge in [-0.25, -0.2) is 4.99 Å². The van der Waals surface area contributed by atoms with Crippen LogP contribution in [0.15, 0.2) is 57.9 Å². The summed E-state index contributed by atoms with van der Waals surface area (Å²) in [4.78, 5) is 15.9. The topological polar surface area (TPSA) is 78.7 Å². The lowest BCUT2D eigenvalue weighted by Crippen LogP contribution is -2.36. The first-order valence-electron chi connectivity index (χ1n) is 9.42. The number of benzene rings is 2. The summed E-state index contributed by atoms with van der Waals surface area (Å²) in [5, 5.41) is 10.5. The molecule has 0 aliphatic heterocycles. The number of nitrogens with one attached hydrogen (secondary N) is 3. The Balaban J connectivity index is 1.69. The molecule has 0 aliphatic carbocycles. The van der Waals surface area contributed by atoms with Crippen LogP contribution in [-0.2, 0) is 17.9 Å². The molecule has 1 amide bonds. The van der Waals surface area contributed by atoms with Gasteiger partial charge in [-0.3, -0.25) is 4.79 Å². The maximum Gasteiger partial charge on any atom is 0.221 e. The minimum Gasteiger partial charge on any atom is -0.459 e. The highest BCUT2D eigenvalue weighted by Crippen LogP contribution is 2.24. The highest BCUT2D eigenvalue weighted by atomic mass is 16.3. The largest absolute Gasteiger partial charge is 0.459 e. The average molecular weight is 378 g/mol. The summed E-state index contributed by atoms with van der Waals surface area (Å²) in [6, 6.07) is 15.7. The van der Waals surface area contributed by atoms with E-state index in [0.29, 0.717) is 19.0 Å². The van der Waals surface area contributed by atoms with Crippen molar-refractivity contribution in [1.82, 2.24) is 10.6 Å². The number of para-hydroxylation sites is 1. The van der Waals surface area contributed by atoms with Crippen LogP contribution < -0.4 is 16.0 Å². The fraction of sp³-hybridized carbons (Fsp3) is 0.273.